The average Bonchev–Trinajstić information content (AvgIpc) is 2.16. The van der Waals surface area contributed by atoms with Crippen LogP contribution in [-0.4, -0.2) is 24.1 Å². The van der Waals surface area contributed by atoms with Crippen LogP contribution in [0, 0.1) is 0 Å². The van der Waals surface area contributed by atoms with Gasteiger partial charge in [-0.05, 0) is 13.8 Å². The van der Waals surface area contributed by atoms with Crippen LogP contribution < -0.4 is 5.73 Å². The third kappa shape index (κ3) is 1.00. The molecule has 50 valence electrons. The molecule has 0 aromatic carbocycles. The molecular weight excluding hydrogens is 114 g/mol. The molecule has 0 aromatic rings. The Morgan fingerprint density at radius 1 is 1.44 bits per heavy atom. The predicted molar refractivity (Wildman–Crippen MR) is 39.0 cm³/mol. The van der Waals surface area contributed by atoms with Crippen LogP contribution in [0.5, 0.6) is 0 Å². The molecule has 3 heteroatoms. The molecule has 1 heterocycles. The number of hydrogen-bond acceptors (Lipinski definition) is 3. The molecule has 1 unspecified atom stereocenters. The fraction of sp³-hybridized carbons (Fsp3) is 0.667. The SMILES string of the molecule is CC(N)C1(C)N=CC=N1. The summed E-state index contributed by atoms with van der Waals surface area (Å²) in [4.78, 5) is 8.19. The minimum absolute atomic E-state index is 0.00694. The Labute approximate surface area is 54.7 Å². The highest BCUT2D eigenvalue weighted by Gasteiger charge is 2.27. The Kier molecular flexibility index (Phi) is 1.37. The van der Waals surface area contributed by atoms with Gasteiger partial charge in [-0.1, -0.05) is 0 Å². The van der Waals surface area contributed by atoms with Crippen LogP contribution in [0.3, 0.4) is 0 Å². The van der Waals surface area contributed by atoms with Crippen molar-refractivity contribution in [3.05, 3.63) is 0 Å². The summed E-state index contributed by atoms with van der Waals surface area (Å²) in [6, 6.07) is -0.00694. The summed E-state index contributed by atoms with van der Waals surface area (Å²) < 4.78 is 0. The lowest BCUT2D eigenvalue weighted by atomic mass is 10.1. The van der Waals surface area contributed by atoms with Gasteiger partial charge in [-0.25, -0.2) is 0 Å². The van der Waals surface area contributed by atoms with Gasteiger partial charge in [-0.15, -0.1) is 0 Å². The van der Waals surface area contributed by atoms with E-state index in [1.54, 1.807) is 12.4 Å². The third-order valence-corrected chi connectivity index (χ3v) is 1.60. The molecule has 1 aliphatic rings. The molecule has 1 aliphatic heterocycles. The molecule has 9 heavy (non-hydrogen) atoms. The van der Waals surface area contributed by atoms with Gasteiger partial charge in [0, 0.05) is 18.5 Å². The van der Waals surface area contributed by atoms with Crippen molar-refractivity contribution >= 4 is 12.4 Å². The average molecular weight is 125 g/mol. The summed E-state index contributed by atoms with van der Waals surface area (Å²) in [5.41, 5.74) is 5.22. The Morgan fingerprint density at radius 3 is 2.11 bits per heavy atom. The van der Waals surface area contributed by atoms with Crippen LogP contribution in [0.1, 0.15) is 13.8 Å². The Balaban J connectivity index is 2.75. The third-order valence-electron chi connectivity index (χ3n) is 1.60. The van der Waals surface area contributed by atoms with Crippen molar-refractivity contribution in [2.75, 3.05) is 0 Å². The van der Waals surface area contributed by atoms with Gasteiger partial charge in [0.15, 0.2) is 5.66 Å². The van der Waals surface area contributed by atoms with Gasteiger partial charge in [0.2, 0.25) is 0 Å². The molecule has 0 aromatic heterocycles. The number of rotatable bonds is 1. The van der Waals surface area contributed by atoms with Crippen molar-refractivity contribution in [2.24, 2.45) is 15.7 Å². The van der Waals surface area contributed by atoms with Crippen LogP contribution in [0.15, 0.2) is 9.98 Å². The first kappa shape index (κ1) is 6.42. The highest BCUT2D eigenvalue weighted by molar-refractivity contribution is 6.17. The van der Waals surface area contributed by atoms with Crippen molar-refractivity contribution in [3.63, 3.8) is 0 Å². The van der Waals surface area contributed by atoms with E-state index in [0.29, 0.717) is 0 Å². The largest absolute Gasteiger partial charge is 0.324 e. The number of nitrogens with zero attached hydrogens (tertiary/aromatic N) is 2. The highest BCUT2D eigenvalue weighted by atomic mass is 15.1. The van der Waals surface area contributed by atoms with Crippen LogP contribution in [0.2, 0.25) is 0 Å². The maximum atomic E-state index is 5.60. The molecule has 1 rings (SSSR count). The number of hydrogen-bond donors (Lipinski definition) is 1. The summed E-state index contributed by atoms with van der Waals surface area (Å²) in [6.45, 7) is 3.82. The summed E-state index contributed by atoms with van der Waals surface area (Å²) >= 11 is 0. The van der Waals surface area contributed by atoms with Crippen LogP contribution in [0.25, 0.3) is 0 Å². The Morgan fingerprint density at radius 2 is 1.89 bits per heavy atom. The maximum Gasteiger partial charge on any atom is 0.161 e. The smallest absolute Gasteiger partial charge is 0.161 e. The number of aliphatic imine (C=N–C) groups is 2. The topological polar surface area (TPSA) is 50.7 Å². The normalized spacial score (nSPS) is 24.8. The summed E-state index contributed by atoms with van der Waals surface area (Å²) in [5.74, 6) is 0. The van der Waals surface area contributed by atoms with Crippen LogP contribution >= 0.6 is 0 Å². The molecule has 0 fully saturated rings. The molecule has 0 saturated carbocycles. The fourth-order valence-electron chi connectivity index (χ4n) is 0.637. The fourth-order valence-corrected chi connectivity index (χ4v) is 0.637. The molecule has 0 spiro atoms. The molecule has 0 amide bonds. The van der Waals surface area contributed by atoms with Crippen LogP contribution in [0.4, 0.5) is 0 Å². The second-order valence-corrected chi connectivity index (χ2v) is 2.44. The first-order valence-electron chi connectivity index (χ1n) is 3.00. The molecule has 2 N–H and O–H groups in total. The Hall–Kier alpha value is -0.700. The lowest BCUT2D eigenvalue weighted by molar-refractivity contribution is 0.426. The predicted octanol–water partition coefficient (Wildman–Crippen LogP) is 0.205. The molecule has 0 bridgehead atoms. The lowest BCUT2D eigenvalue weighted by Gasteiger charge is -2.20. The van der Waals surface area contributed by atoms with Crippen molar-refractivity contribution in [2.45, 2.75) is 25.6 Å². The van der Waals surface area contributed by atoms with Gasteiger partial charge in [-0.3, -0.25) is 9.98 Å². The first-order valence-corrected chi connectivity index (χ1v) is 3.00. The maximum absolute atomic E-state index is 5.60. The quantitative estimate of drug-likeness (QED) is 0.535. The van der Waals surface area contributed by atoms with E-state index in [4.69, 9.17) is 5.73 Å². The molecule has 0 aliphatic carbocycles. The number of nitrogens with two attached hydrogens (primary N) is 1. The Bertz CT molecular complexity index is 146. The zero-order chi connectivity index (χ0) is 6.91. The van der Waals surface area contributed by atoms with E-state index in [1.807, 2.05) is 13.8 Å². The van der Waals surface area contributed by atoms with Crippen molar-refractivity contribution < 1.29 is 0 Å². The van der Waals surface area contributed by atoms with Crippen molar-refractivity contribution in [1.82, 2.24) is 0 Å². The van der Waals surface area contributed by atoms with Gasteiger partial charge in [-0.2, -0.15) is 0 Å². The highest BCUT2D eigenvalue weighted by Crippen LogP contribution is 2.16. The van der Waals surface area contributed by atoms with E-state index in [2.05, 4.69) is 9.98 Å². The van der Waals surface area contributed by atoms with Gasteiger partial charge < -0.3 is 5.73 Å². The minimum atomic E-state index is -0.389. The van der Waals surface area contributed by atoms with E-state index < -0.39 is 0 Å². The second-order valence-electron chi connectivity index (χ2n) is 2.44. The molecular formula is C6H11N3. The second kappa shape index (κ2) is 1.92. The molecule has 3 nitrogen and oxygen atoms in total. The minimum Gasteiger partial charge on any atom is -0.324 e. The van der Waals surface area contributed by atoms with Gasteiger partial charge in [0.25, 0.3) is 0 Å². The van der Waals surface area contributed by atoms with E-state index in [1.165, 1.54) is 0 Å². The van der Waals surface area contributed by atoms with Gasteiger partial charge in [0.1, 0.15) is 0 Å². The standard InChI is InChI=1S/C6H11N3/c1-5(7)6(2)8-3-4-9-6/h3-5H,7H2,1-2H3. The molecule has 0 radical (unpaired) electrons. The van der Waals surface area contributed by atoms with Gasteiger partial charge >= 0.3 is 0 Å². The van der Waals surface area contributed by atoms with Gasteiger partial charge in [0.05, 0.1) is 0 Å². The lowest BCUT2D eigenvalue weighted by Crippen LogP contribution is -2.38. The summed E-state index contributed by atoms with van der Waals surface area (Å²) in [5, 5.41) is 0. The van der Waals surface area contributed by atoms with E-state index in [9.17, 15) is 0 Å². The molecule has 0 saturated heterocycles. The zero-order valence-corrected chi connectivity index (χ0v) is 5.70. The van der Waals surface area contributed by atoms with E-state index >= 15 is 0 Å². The monoisotopic (exact) mass is 125 g/mol. The van der Waals surface area contributed by atoms with Crippen LogP contribution in [-0.2, 0) is 0 Å². The first-order chi connectivity index (χ1) is 4.15. The summed E-state index contributed by atoms with van der Waals surface area (Å²) in [7, 11) is 0. The molecule has 1 atom stereocenters. The zero-order valence-electron chi connectivity index (χ0n) is 5.70. The van der Waals surface area contributed by atoms with E-state index in [-0.39, 0.29) is 11.7 Å². The summed E-state index contributed by atoms with van der Waals surface area (Å²) in [6.07, 6.45) is 3.37. The van der Waals surface area contributed by atoms with E-state index in [0.717, 1.165) is 0 Å². The van der Waals surface area contributed by atoms with Crippen molar-refractivity contribution in [1.29, 1.82) is 0 Å². The van der Waals surface area contributed by atoms with Crippen molar-refractivity contribution in [3.8, 4) is 0 Å².